The van der Waals surface area contributed by atoms with Crippen molar-refractivity contribution in [2.45, 2.75) is 6.42 Å². The van der Waals surface area contributed by atoms with Crippen LogP contribution in [0.3, 0.4) is 0 Å². The van der Waals surface area contributed by atoms with Gasteiger partial charge in [0.2, 0.25) is 0 Å². The highest BCUT2D eigenvalue weighted by Crippen LogP contribution is 2.26. The highest BCUT2D eigenvalue weighted by Gasteiger charge is 2.05. The molecule has 1 N–H and O–H groups in total. The third kappa shape index (κ3) is 2.83. The number of aromatic hydroxyl groups is 1. The van der Waals surface area contributed by atoms with Crippen LogP contribution in [0.4, 0.5) is 0 Å². The van der Waals surface area contributed by atoms with Gasteiger partial charge in [0.25, 0.3) is 0 Å². The third-order valence-electron chi connectivity index (χ3n) is 2.89. The molecule has 0 aliphatic rings. The van der Waals surface area contributed by atoms with E-state index in [9.17, 15) is 5.11 Å². The van der Waals surface area contributed by atoms with Gasteiger partial charge in [0, 0.05) is 17.4 Å². The molecule has 2 aromatic carbocycles. The zero-order valence-electron chi connectivity index (χ0n) is 10.3. The van der Waals surface area contributed by atoms with E-state index in [-0.39, 0.29) is 5.75 Å². The van der Waals surface area contributed by atoms with Gasteiger partial charge in [-0.2, -0.15) is 0 Å². The van der Waals surface area contributed by atoms with Crippen molar-refractivity contribution in [3.63, 3.8) is 0 Å². The second-order valence-corrected chi connectivity index (χ2v) is 5.21. The molecule has 0 atom stereocenters. The number of aromatic nitrogens is 1. The van der Waals surface area contributed by atoms with Gasteiger partial charge in [-0.3, -0.25) is 0 Å². The third-order valence-corrected chi connectivity index (χ3v) is 3.83. The molecule has 0 aliphatic heterocycles. The van der Waals surface area contributed by atoms with Crippen molar-refractivity contribution in [1.29, 1.82) is 0 Å². The molecule has 1 heterocycles. The fourth-order valence-corrected chi connectivity index (χ4v) is 2.76. The maximum atomic E-state index is 9.29. The average Bonchev–Trinajstić information content (AvgIpc) is 2.89. The Bertz CT molecular complexity index is 659. The molecular formula is C16H13NOS. The maximum Gasteiger partial charge on any atom is 0.123 e. The summed E-state index contributed by atoms with van der Waals surface area (Å²) in [5.41, 5.74) is 3.39. The zero-order chi connectivity index (χ0) is 13.1. The molecule has 0 spiro atoms. The molecule has 0 bridgehead atoms. The first-order chi connectivity index (χ1) is 9.31. The van der Waals surface area contributed by atoms with E-state index < -0.39 is 0 Å². The fourth-order valence-electron chi connectivity index (χ4n) is 1.93. The van der Waals surface area contributed by atoms with Crippen molar-refractivity contribution in [3.05, 3.63) is 71.2 Å². The second kappa shape index (κ2) is 5.24. The summed E-state index contributed by atoms with van der Waals surface area (Å²) in [4.78, 5) is 4.64. The van der Waals surface area contributed by atoms with Gasteiger partial charge in [0.05, 0.1) is 5.69 Å². The summed E-state index contributed by atoms with van der Waals surface area (Å²) in [6.07, 6.45) is 0.857. The van der Waals surface area contributed by atoms with Crippen LogP contribution in [0.15, 0.2) is 60.0 Å². The number of hydrogen-bond acceptors (Lipinski definition) is 3. The largest absolute Gasteiger partial charge is 0.508 e. The highest BCUT2D eigenvalue weighted by atomic mass is 32.1. The Morgan fingerprint density at radius 1 is 0.947 bits per heavy atom. The lowest BCUT2D eigenvalue weighted by Gasteiger charge is -1.98. The minimum atomic E-state index is 0.282. The predicted molar refractivity (Wildman–Crippen MR) is 78.5 cm³/mol. The van der Waals surface area contributed by atoms with Crippen LogP contribution in [-0.2, 0) is 6.42 Å². The molecule has 0 unspecified atom stereocenters. The Labute approximate surface area is 116 Å². The van der Waals surface area contributed by atoms with Gasteiger partial charge in [-0.1, -0.05) is 30.3 Å². The molecule has 94 valence electrons. The lowest BCUT2D eigenvalue weighted by atomic mass is 10.1. The van der Waals surface area contributed by atoms with Gasteiger partial charge >= 0.3 is 0 Å². The molecule has 1 aromatic heterocycles. The van der Waals surface area contributed by atoms with Crippen LogP contribution in [0.25, 0.3) is 10.6 Å². The number of benzene rings is 2. The summed E-state index contributed by atoms with van der Waals surface area (Å²) in [7, 11) is 0. The Hall–Kier alpha value is -2.13. The maximum absolute atomic E-state index is 9.29. The van der Waals surface area contributed by atoms with E-state index in [0.29, 0.717) is 0 Å². The van der Waals surface area contributed by atoms with E-state index >= 15 is 0 Å². The molecule has 0 fully saturated rings. The van der Waals surface area contributed by atoms with Crippen LogP contribution in [0, 0.1) is 0 Å². The Morgan fingerprint density at radius 3 is 2.42 bits per heavy atom. The molecule has 0 amide bonds. The van der Waals surface area contributed by atoms with E-state index in [2.05, 4.69) is 22.5 Å². The van der Waals surface area contributed by atoms with Gasteiger partial charge in [-0.05, 0) is 29.8 Å². The van der Waals surface area contributed by atoms with Crippen LogP contribution in [0.2, 0.25) is 0 Å². The normalized spacial score (nSPS) is 10.5. The van der Waals surface area contributed by atoms with E-state index in [0.717, 1.165) is 22.7 Å². The minimum absolute atomic E-state index is 0.282. The average molecular weight is 267 g/mol. The number of nitrogens with zero attached hydrogens (tertiary/aromatic N) is 1. The lowest BCUT2D eigenvalue weighted by Crippen LogP contribution is -1.87. The number of phenols is 1. The van der Waals surface area contributed by atoms with E-state index in [1.807, 2.05) is 30.3 Å². The fraction of sp³-hybridized carbons (Fsp3) is 0.0625. The summed E-state index contributed by atoms with van der Waals surface area (Å²) in [6, 6.07) is 17.5. The Balaban J connectivity index is 1.82. The van der Waals surface area contributed by atoms with Crippen LogP contribution in [0.5, 0.6) is 5.75 Å². The van der Waals surface area contributed by atoms with E-state index in [1.165, 1.54) is 5.56 Å². The lowest BCUT2D eigenvalue weighted by molar-refractivity contribution is 0.475. The molecule has 0 aliphatic carbocycles. The predicted octanol–water partition coefficient (Wildman–Crippen LogP) is 4.11. The Morgan fingerprint density at radius 2 is 1.68 bits per heavy atom. The molecule has 3 aromatic rings. The quantitative estimate of drug-likeness (QED) is 0.774. The van der Waals surface area contributed by atoms with E-state index in [1.54, 1.807) is 23.5 Å². The summed E-state index contributed by atoms with van der Waals surface area (Å²) in [5, 5.41) is 12.4. The van der Waals surface area contributed by atoms with Crippen LogP contribution < -0.4 is 0 Å². The summed E-state index contributed by atoms with van der Waals surface area (Å²) in [6.45, 7) is 0. The molecule has 2 nitrogen and oxygen atoms in total. The summed E-state index contributed by atoms with van der Waals surface area (Å²) < 4.78 is 0. The van der Waals surface area contributed by atoms with Crippen molar-refractivity contribution in [3.8, 4) is 16.3 Å². The minimum Gasteiger partial charge on any atom is -0.508 e. The first-order valence-corrected chi connectivity index (χ1v) is 6.97. The van der Waals surface area contributed by atoms with Crippen LogP contribution in [-0.4, -0.2) is 10.1 Å². The van der Waals surface area contributed by atoms with Gasteiger partial charge in [-0.25, -0.2) is 4.98 Å². The standard InChI is InChI=1S/C16H13NOS/c18-15-8-6-13(7-9-15)16-17-14(11-19-16)10-12-4-2-1-3-5-12/h1-9,11,18H,10H2. The summed E-state index contributed by atoms with van der Waals surface area (Å²) in [5.74, 6) is 0.282. The molecular weight excluding hydrogens is 254 g/mol. The number of phenolic OH excluding ortho intramolecular Hbond substituents is 1. The van der Waals surface area contributed by atoms with Crippen molar-refractivity contribution in [2.75, 3.05) is 0 Å². The number of rotatable bonds is 3. The van der Waals surface area contributed by atoms with Crippen molar-refractivity contribution in [1.82, 2.24) is 4.98 Å². The topological polar surface area (TPSA) is 33.1 Å². The van der Waals surface area contributed by atoms with Crippen LogP contribution >= 0.6 is 11.3 Å². The smallest absolute Gasteiger partial charge is 0.123 e. The van der Waals surface area contributed by atoms with Crippen LogP contribution in [0.1, 0.15) is 11.3 Å². The molecule has 3 heteroatoms. The molecule has 0 saturated heterocycles. The summed E-state index contributed by atoms with van der Waals surface area (Å²) >= 11 is 1.64. The highest BCUT2D eigenvalue weighted by molar-refractivity contribution is 7.13. The number of thiazole rings is 1. The van der Waals surface area contributed by atoms with Gasteiger partial charge in [-0.15, -0.1) is 11.3 Å². The first-order valence-electron chi connectivity index (χ1n) is 6.09. The molecule has 3 rings (SSSR count). The molecule has 0 saturated carbocycles. The van der Waals surface area contributed by atoms with Gasteiger partial charge < -0.3 is 5.11 Å². The molecule has 19 heavy (non-hydrogen) atoms. The van der Waals surface area contributed by atoms with Gasteiger partial charge in [0.1, 0.15) is 10.8 Å². The second-order valence-electron chi connectivity index (χ2n) is 4.35. The number of hydrogen-bond donors (Lipinski definition) is 1. The van der Waals surface area contributed by atoms with Crippen molar-refractivity contribution >= 4 is 11.3 Å². The van der Waals surface area contributed by atoms with Crippen molar-refractivity contribution in [2.24, 2.45) is 0 Å². The SMILES string of the molecule is Oc1ccc(-c2nc(Cc3ccccc3)cs2)cc1. The molecule has 0 radical (unpaired) electrons. The first kappa shape index (κ1) is 11.9. The van der Waals surface area contributed by atoms with E-state index in [4.69, 9.17) is 0 Å². The van der Waals surface area contributed by atoms with Crippen molar-refractivity contribution < 1.29 is 5.11 Å². The zero-order valence-corrected chi connectivity index (χ0v) is 11.1. The Kier molecular flexibility index (Phi) is 3.29. The van der Waals surface area contributed by atoms with Gasteiger partial charge in [0.15, 0.2) is 0 Å². The monoisotopic (exact) mass is 267 g/mol.